The Morgan fingerprint density at radius 1 is 1.35 bits per heavy atom. The van der Waals surface area contributed by atoms with Crippen molar-refractivity contribution in [2.24, 2.45) is 17.6 Å². The van der Waals surface area contributed by atoms with E-state index in [9.17, 15) is 18.8 Å². The Kier molecular flexibility index (Phi) is 2.29. The minimum absolute atomic E-state index is 0.308. The summed E-state index contributed by atoms with van der Waals surface area (Å²) in [5.41, 5.74) is 1.47. The summed E-state index contributed by atoms with van der Waals surface area (Å²) in [6.07, 6.45) is -0.308. The number of carbonyl (C=O) groups is 3. The minimum atomic E-state index is -2.48. The second-order valence-corrected chi connectivity index (χ2v) is 4.39. The molecular formula is C10H12FNO5. The molecule has 2 N–H and O–H groups in total. The fourth-order valence-corrected chi connectivity index (χ4v) is 2.76. The maximum absolute atomic E-state index is 14.3. The zero-order valence-corrected chi connectivity index (χ0v) is 9.36. The molecule has 2 rings (SSSR count). The van der Waals surface area contributed by atoms with E-state index in [1.807, 2.05) is 0 Å². The number of rotatable bonds is 2. The SMILES string of the molecule is COC(=O)C1(N)CC(=O)C2C1C2(F)C(=O)OC. The van der Waals surface area contributed by atoms with Crippen LogP contribution in [0.1, 0.15) is 6.42 Å². The van der Waals surface area contributed by atoms with E-state index < -0.39 is 40.8 Å². The highest BCUT2D eigenvalue weighted by Gasteiger charge is 2.86. The Labute approximate surface area is 96.2 Å². The van der Waals surface area contributed by atoms with Gasteiger partial charge in [0, 0.05) is 12.3 Å². The first-order valence-electron chi connectivity index (χ1n) is 5.01. The average Bonchev–Trinajstić information content (AvgIpc) is 2.84. The molecule has 0 heterocycles. The summed E-state index contributed by atoms with van der Waals surface area (Å²) in [7, 11) is 2.10. The largest absolute Gasteiger partial charge is 0.468 e. The van der Waals surface area contributed by atoms with Crippen LogP contribution in [0.5, 0.6) is 0 Å². The molecule has 0 aromatic rings. The molecule has 0 aromatic carbocycles. The maximum Gasteiger partial charge on any atom is 0.344 e. The van der Waals surface area contributed by atoms with Gasteiger partial charge >= 0.3 is 11.9 Å². The number of methoxy groups -OCH3 is 2. The number of alkyl halides is 1. The molecule has 7 heteroatoms. The number of hydrogen-bond acceptors (Lipinski definition) is 6. The van der Waals surface area contributed by atoms with Gasteiger partial charge in [0.15, 0.2) is 0 Å². The van der Waals surface area contributed by atoms with Crippen molar-refractivity contribution >= 4 is 17.7 Å². The lowest BCUT2D eigenvalue weighted by atomic mass is 9.90. The molecule has 2 aliphatic carbocycles. The molecule has 2 saturated carbocycles. The summed E-state index contributed by atoms with van der Waals surface area (Å²) in [5.74, 6) is -4.96. The maximum atomic E-state index is 14.3. The second kappa shape index (κ2) is 3.25. The molecule has 0 radical (unpaired) electrons. The summed E-state index contributed by atoms with van der Waals surface area (Å²) in [4.78, 5) is 34.3. The predicted molar refractivity (Wildman–Crippen MR) is 51.4 cm³/mol. The molecule has 0 spiro atoms. The topological polar surface area (TPSA) is 95.7 Å². The Morgan fingerprint density at radius 3 is 2.35 bits per heavy atom. The summed E-state index contributed by atoms with van der Waals surface area (Å²) in [6.45, 7) is 0. The van der Waals surface area contributed by atoms with Crippen LogP contribution in [0.2, 0.25) is 0 Å². The number of fused-ring (bicyclic) bond motifs is 1. The van der Waals surface area contributed by atoms with Crippen molar-refractivity contribution < 1.29 is 28.2 Å². The van der Waals surface area contributed by atoms with Crippen molar-refractivity contribution in [1.29, 1.82) is 0 Å². The lowest BCUT2D eigenvalue weighted by Crippen LogP contribution is -2.53. The fourth-order valence-electron chi connectivity index (χ4n) is 2.76. The van der Waals surface area contributed by atoms with E-state index >= 15 is 0 Å². The van der Waals surface area contributed by atoms with Crippen LogP contribution >= 0.6 is 0 Å². The van der Waals surface area contributed by atoms with Crippen LogP contribution in [-0.4, -0.2) is 43.1 Å². The van der Waals surface area contributed by atoms with E-state index in [4.69, 9.17) is 5.73 Å². The number of halogens is 1. The summed E-state index contributed by atoms with van der Waals surface area (Å²) < 4.78 is 23.0. The van der Waals surface area contributed by atoms with Gasteiger partial charge in [-0.05, 0) is 0 Å². The normalized spacial score (nSPS) is 42.9. The van der Waals surface area contributed by atoms with Gasteiger partial charge in [0.05, 0.1) is 20.1 Å². The first-order valence-corrected chi connectivity index (χ1v) is 5.01. The molecule has 94 valence electrons. The summed E-state index contributed by atoms with van der Waals surface area (Å²) in [5, 5.41) is 0. The Morgan fingerprint density at radius 2 is 1.88 bits per heavy atom. The highest BCUT2D eigenvalue weighted by molar-refractivity contribution is 6.07. The number of ketones is 1. The van der Waals surface area contributed by atoms with E-state index in [-0.39, 0.29) is 6.42 Å². The van der Waals surface area contributed by atoms with Crippen LogP contribution in [0, 0.1) is 11.8 Å². The standard InChI is InChI=1S/C10H12FNO5/c1-16-7(14)9(12)3-4(13)5-6(9)10(5,11)8(15)17-2/h5-6H,3,12H2,1-2H3. The molecule has 0 amide bonds. The van der Waals surface area contributed by atoms with Crippen LogP contribution < -0.4 is 5.73 Å². The number of Topliss-reactive ketones (excluding diaryl/α,β-unsaturated/α-hetero) is 1. The third kappa shape index (κ3) is 1.20. The van der Waals surface area contributed by atoms with Crippen LogP contribution in [0.15, 0.2) is 0 Å². The number of ether oxygens (including phenoxy) is 2. The zero-order chi connectivity index (χ0) is 13.0. The molecule has 17 heavy (non-hydrogen) atoms. The van der Waals surface area contributed by atoms with E-state index in [0.29, 0.717) is 0 Å². The average molecular weight is 245 g/mol. The van der Waals surface area contributed by atoms with Crippen LogP contribution in [-0.2, 0) is 23.9 Å². The number of carbonyl (C=O) groups excluding carboxylic acids is 3. The van der Waals surface area contributed by atoms with E-state index in [0.717, 1.165) is 14.2 Å². The molecule has 4 unspecified atom stereocenters. The van der Waals surface area contributed by atoms with Crippen molar-refractivity contribution in [2.45, 2.75) is 17.6 Å². The monoisotopic (exact) mass is 245 g/mol. The smallest absolute Gasteiger partial charge is 0.344 e. The van der Waals surface area contributed by atoms with Gasteiger partial charge in [0.2, 0.25) is 5.67 Å². The Hall–Kier alpha value is -1.50. The first kappa shape index (κ1) is 12.0. The molecule has 0 saturated heterocycles. The van der Waals surface area contributed by atoms with Gasteiger partial charge in [-0.25, -0.2) is 9.18 Å². The Bertz CT molecular complexity index is 425. The van der Waals surface area contributed by atoms with Crippen molar-refractivity contribution in [3.63, 3.8) is 0 Å². The van der Waals surface area contributed by atoms with Crippen molar-refractivity contribution in [3.8, 4) is 0 Å². The van der Waals surface area contributed by atoms with Gasteiger partial charge in [-0.3, -0.25) is 9.59 Å². The quantitative estimate of drug-likeness (QED) is 0.624. The van der Waals surface area contributed by atoms with E-state index in [1.165, 1.54) is 0 Å². The van der Waals surface area contributed by atoms with Gasteiger partial charge in [0.1, 0.15) is 11.3 Å². The number of nitrogens with two attached hydrogens (primary N) is 1. The highest BCUT2D eigenvalue weighted by Crippen LogP contribution is 2.65. The molecule has 4 atom stereocenters. The van der Waals surface area contributed by atoms with E-state index in [1.54, 1.807) is 0 Å². The van der Waals surface area contributed by atoms with Gasteiger partial charge in [-0.1, -0.05) is 0 Å². The Balaban J connectivity index is 2.36. The molecule has 2 fully saturated rings. The van der Waals surface area contributed by atoms with Gasteiger partial charge in [0.25, 0.3) is 0 Å². The molecular weight excluding hydrogens is 233 g/mol. The molecule has 6 nitrogen and oxygen atoms in total. The predicted octanol–water partition coefficient (Wildman–Crippen LogP) is -1.04. The zero-order valence-electron chi connectivity index (χ0n) is 9.36. The molecule has 0 aliphatic heterocycles. The van der Waals surface area contributed by atoms with Crippen molar-refractivity contribution in [1.82, 2.24) is 0 Å². The third-order valence-electron chi connectivity index (χ3n) is 3.56. The van der Waals surface area contributed by atoms with Crippen molar-refractivity contribution in [3.05, 3.63) is 0 Å². The van der Waals surface area contributed by atoms with Gasteiger partial charge < -0.3 is 15.2 Å². The highest BCUT2D eigenvalue weighted by atomic mass is 19.1. The van der Waals surface area contributed by atoms with Crippen LogP contribution in [0.4, 0.5) is 4.39 Å². The second-order valence-electron chi connectivity index (χ2n) is 4.39. The lowest BCUT2D eigenvalue weighted by Gasteiger charge is -2.24. The van der Waals surface area contributed by atoms with E-state index in [2.05, 4.69) is 9.47 Å². The van der Waals surface area contributed by atoms with Crippen LogP contribution in [0.25, 0.3) is 0 Å². The summed E-state index contributed by atoms with van der Waals surface area (Å²) >= 11 is 0. The van der Waals surface area contributed by atoms with Gasteiger partial charge in [-0.2, -0.15) is 0 Å². The van der Waals surface area contributed by atoms with Crippen LogP contribution in [0.3, 0.4) is 0 Å². The van der Waals surface area contributed by atoms with Crippen molar-refractivity contribution in [2.75, 3.05) is 14.2 Å². The lowest BCUT2D eigenvalue weighted by molar-refractivity contribution is -0.155. The molecule has 0 bridgehead atoms. The van der Waals surface area contributed by atoms with Gasteiger partial charge in [-0.15, -0.1) is 0 Å². The molecule has 2 aliphatic rings. The number of hydrogen-bond donors (Lipinski definition) is 1. The first-order chi connectivity index (χ1) is 7.83. The summed E-state index contributed by atoms with van der Waals surface area (Å²) in [6, 6.07) is 0. The molecule has 0 aromatic heterocycles. The number of esters is 2. The minimum Gasteiger partial charge on any atom is -0.468 e. The third-order valence-corrected chi connectivity index (χ3v) is 3.56. The fraction of sp³-hybridized carbons (Fsp3) is 0.700.